The summed E-state index contributed by atoms with van der Waals surface area (Å²) in [5.41, 5.74) is -0.0783. The zero-order valence-corrected chi connectivity index (χ0v) is 12.9. The molecule has 5 heteroatoms. The van der Waals surface area contributed by atoms with Gasteiger partial charge in [0.2, 0.25) is 10.0 Å². The van der Waals surface area contributed by atoms with Gasteiger partial charge in [0.1, 0.15) is 0 Å². The maximum atomic E-state index is 12.7. The van der Waals surface area contributed by atoms with E-state index in [9.17, 15) is 8.42 Å². The molecule has 20 heavy (non-hydrogen) atoms. The lowest BCUT2D eigenvalue weighted by atomic mass is 9.53. The van der Waals surface area contributed by atoms with Gasteiger partial charge < -0.3 is 5.32 Å². The summed E-state index contributed by atoms with van der Waals surface area (Å²) in [4.78, 5) is 0. The van der Waals surface area contributed by atoms with E-state index < -0.39 is 10.0 Å². The first kappa shape index (κ1) is 13.5. The topological polar surface area (TPSA) is 58.2 Å². The summed E-state index contributed by atoms with van der Waals surface area (Å²) in [6.07, 6.45) is 9.14. The van der Waals surface area contributed by atoms with E-state index in [1.54, 1.807) is 0 Å². The molecule has 2 N–H and O–H groups in total. The summed E-state index contributed by atoms with van der Waals surface area (Å²) in [6, 6.07) is 0. The molecule has 0 aromatic rings. The number of hydrogen-bond donors (Lipinski definition) is 2. The van der Waals surface area contributed by atoms with Gasteiger partial charge >= 0.3 is 0 Å². The van der Waals surface area contributed by atoms with Gasteiger partial charge in [-0.25, -0.2) is 13.1 Å². The summed E-state index contributed by atoms with van der Waals surface area (Å²) in [5.74, 6) is 2.36. The fourth-order valence-corrected chi connectivity index (χ4v) is 7.54. The Morgan fingerprint density at radius 1 is 1.00 bits per heavy atom. The van der Waals surface area contributed by atoms with Crippen LogP contribution >= 0.6 is 0 Å². The normalized spacial score (nSPS) is 47.6. The van der Waals surface area contributed by atoms with Crippen molar-refractivity contribution in [3.8, 4) is 0 Å². The van der Waals surface area contributed by atoms with Crippen LogP contribution in [0.4, 0.5) is 0 Å². The standard InChI is InChI=1S/C15H26N2O2S/c18-20(19,14-2-1-3-16-10-14)17-15-7-11-4-12(8-15)6-13(5-11)9-15/h11-14,16-17H,1-10H2. The van der Waals surface area contributed by atoms with Crippen LogP contribution in [0.25, 0.3) is 0 Å². The first-order chi connectivity index (χ1) is 9.55. The monoisotopic (exact) mass is 298 g/mol. The fraction of sp³-hybridized carbons (Fsp3) is 1.00. The summed E-state index contributed by atoms with van der Waals surface area (Å²) < 4.78 is 28.6. The lowest BCUT2D eigenvalue weighted by Gasteiger charge is -2.56. The third kappa shape index (κ3) is 2.32. The Bertz CT molecular complexity index is 447. The number of hydrogen-bond acceptors (Lipinski definition) is 3. The summed E-state index contributed by atoms with van der Waals surface area (Å²) in [6.45, 7) is 1.59. The van der Waals surface area contributed by atoms with Crippen molar-refractivity contribution in [1.29, 1.82) is 0 Å². The van der Waals surface area contributed by atoms with Crippen molar-refractivity contribution in [2.45, 2.75) is 62.2 Å². The van der Waals surface area contributed by atoms with E-state index in [2.05, 4.69) is 10.0 Å². The second kappa shape index (κ2) is 4.68. The van der Waals surface area contributed by atoms with Crippen molar-refractivity contribution in [2.24, 2.45) is 17.8 Å². The lowest BCUT2D eigenvalue weighted by molar-refractivity contribution is -0.00825. The Kier molecular flexibility index (Phi) is 3.17. The minimum atomic E-state index is -3.16. The molecule has 1 saturated heterocycles. The molecule has 4 aliphatic carbocycles. The zero-order chi connectivity index (χ0) is 13.8. The molecule has 1 unspecified atom stereocenters. The highest BCUT2D eigenvalue weighted by molar-refractivity contribution is 7.90. The molecule has 1 aliphatic heterocycles. The summed E-state index contributed by atoms with van der Waals surface area (Å²) in [7, 11) is -3.16. The molecule has 0 aromatic heterocycles. The predicted octanol–water partition coefficient (Wildman–Crippen LogP) is 1.63. The molecule has 1 heterocycles. The van der Waals surface area contributed by atoms with Crippen LogP contribution in [0, 0.1) is 17.8 Å². The minimum absolute atomic E-state index is 0.0783. The molecule has 4 nitrogen and oxygen atoms in total. The molecule has 0 radical (unpaired) electrons. The van der Waals surface area contributed by atoms with Gasteiger partial charge in [-0.3, -0.25) is 0 Å². The van der Waals surface area contributed by atoms with E-state index in [4.69, 9.17) is 0 Å². The maximum absolute atomic E-state index is 12.7. The largest absolute Gasteiger partial charge is 0.315 e. The molecule has 0 amide bonds. The lowest BCUT2D eigenvalue weighted by Crippen LogP contribution is -2.61. The molecule has 4 saturated carbocycles. The molecule has 1 atom stereocenters. The van der Waals surface area contributed by atoms with Crippen LogP contribution in [-0.4, -0.2) is 32.3 Å². The molecular formula is C15H26N2O2S. The molecule has 5 aliphatic rings. The molecular weight excluding hydrogens is 272 g/mol. The third-order valence-corrected chi connectivity index (χ3v) is 8.09. The van der Waals surface area contributed by atoms with Gasteiger partial charge in [0.25, 0.3) is 0 Å². The Balaban J connectivity index is 1.53. The van der Waals surface area contributed by atoms with E-state index in [1.165, 1.54) is 19.3 Å². The zero-order valence-electron chi connectivity index (χ0n) is 12.1. The van der Waals surface area contributed by atoms with Crippen LogP contribution in [0.3, 0.4) is 0 Å². The van der Waals surface area contributed by atoms with Crippen molar-refractivity contribution in [3.63, 3.8) is 0 Å². The van der Waals surface area contributed by atoms with Gasteiger partial charge in [0.05, 0.1) is 5.25 Å². The highest BCUT2D eigenvalue weighted by Crippen LogP contribution is 2.55. The number of rotatable bonds is 3. The van der Waals surface area contributed by atoms with Crippen LogP contribution in [0.1, 0.15) is 51.4 Å². The average molecular weight is 298 g/mol. The van der Waals surface area contributed by atoms with Crippen molar-refractivity contribution < 1.29 is 8.42 Å². The van der Waals surface area contributed by atoms with Crippen LogP contribution in [0.15, 0.2) is 0 Å². The van der Waals surface area contributed by atoms with Gasteiger partial charge in [0.15, 0.2) is 0 Å². The Morgan fingerprint density at radius 2 is 1.60 bits per heavy atom. The predicted molar refractivity (Wildman–Crippen MR) is 78.9 cm³/mol. The number of piperidine rings is 1. The first-order valence-corrected chi connectivity index (χ1v) is 9.83. The second-order valence-corrected chi connectivity index (χ2v) is 9.77. The van der Waals surface area contributed by atoms with Crippen molar-refractivity contribution >= 4 is 10.0 Å². The molecule has 5 rings (SSSR count). The fourth-order valence-electron chi connectivity index (χ4n) is 5.71. The summed E-state index contributed by atoms with van der Waals surface area (Å²) >= 11 is 0. The second-order valence-electron chi connectivity index (χ2n) is 7.81. The van der Waals surface area contributed by atoms with E-state index in [0.29, 0.717) is 6.54 Å². The molecule has 0 aromatic carbocycles. The summed E-state index contributed by atoms with van der Waals surface area (Å²) in [5, 5.41) is 3.01. The molecule has 5 fully saturated rings. The van der Waals surface area contributed by atoms with Gasteiger partial charge in [-0.1, -0.05) is 0 Å². The first-order valence-electron chi connectivity index (χ1n) is 8.28. The van der Waals surface area contributed by atoms with Crippen molar-refractivity contribution in [3.05, 3.63) is 0 Å². The quantitative estimate of drug-likeness (QED) is 0.832. The number of nitrogens with one attached hydrogen (secondary N) is 2. The van der Waals surface area contributed by atoms with Gasteiger partial charge in [-0.15, -0.1) is 0 Å². The van der Waals surface area contributed by atoms with Crippen molar-refractivity contribution in [1.82, 2.24) is 10.0 Å². The maximum Gasteiger partial charge on any atom is 0.216 e. The third-order valence-electron chi connectivity index (χ3n) is 6.09. The van der Waals surface area contributed by atoms with Crippen LogP contribution in [0.5, 0.6) is 0 Å². The van der Waals surface area contributed by atoms with E-state index in [0.717, 1.165) is 56.4 Å². The van der Waals surface area contributed by atoms with E-state index >= 15 is 0 Å². The molecule has 114 valence electrons. The minimum Gasteiger partial charge on any atom is -0.315 e. The van der Waals surface area contributed by atoms with Gasteiger partial charge in [0, 0.05) is 12.1 Å². The molecule has 0 spiro atoms. The average Bonchev–Trinajstić information content (AvgIpc) is 2.36. The molecule has 4 bridgehead atoms. The van der Waals surface area contributed by atoms with Crippen molar-refractivity contribution in [2.75, 3.05) is 13.1 Å². The van der Waals surface area contributed by atoms with Crippen LogP contribution < -0.4 is 10.0 Å². The Morgan fingerprint density at radius 3 is 2.10 bits per heavy atom. The van der Waals surface area contributed by atoms with E-state index in [-0.39, 0.29) is 10.8 Å². The van der Waals surface area contributed by atoms with Gasteiger partial charge in [-0.2, -0.15) is 0 Å². The van der Waals surface area contributed by atoms with Crippen LogP contribution in [-0.2, 0) is 10.0 Å². The Labute approximate surface area is 122 Å². The van der Waals surface area contributed by atoms with Gasteiger partial charge in [-0.05, 0) is 75.7 Å². The smallest absolute Gasteiger partial charge is 0.216 e. The number of sulfonamides is 1. The van der Waals surface area contributed by atoms with Crippen LogP contribution in [0.2, 0.25) is 0 Å². The SMILES string of the molecule is O=S(=O)(NC12CC3CC(CC(C3)C1)C2)C1CCCNC1. The highest BCUT2D eigenvalue weighted by atomic mass is 32.2. The van der Waals surface area contributed by atoms with E-state index in [1.807, 2.05) is 0 Å². The highest BCUT2D eigenvalue weighted by Gasteiger charge is 2.52. The Hall–Kier alpha value is -0.130.